The number of likely N-dealkylation sites (N-methyl/N-ethyl adjacent to an activating group) is 1. The molecular formula is C16H21N5O. The molecule has 0 aliphatic carbocycles. The average Bonchev–Trinajstić information content (AvgIpc) is 2.54. The Morgan fingerprint density at radius 3 is 2.73 bits per heavy atom. The van der Waals surface area contributed by atoms with Crippen LogP contribution in [0.1, 0.15) is 23.0 Å². The van der Waals surface area contributed by atoms with Gasteiger partial charge in [0, 0.05) is 23.8 Å². The molecule has 1 aromatic carbocycles. The van der Waals surface area contributed by atoms with Crippen LogP contribution in [0.4, 0.5) is 11.5 Å². The molecule has 6 nitrogen and oxygen atoms in total. The number of hydrogen-bond donors (Lipinski definition) is 3. The third-order valence-electron chi connectivity index (χ3n) is 3.26. The molecule has 0 bridgehead atoms. The van der Waals surface area contributed by atoms with Crippen molar-refractivity contribution in [3.63, 3.8) is 0 Å². The van der Waals surface area contributed by atoms with Crippen molar-refractivity contribution in [3.8, 4) is 0 Å². The van der Waals surface area contributed by atoms with Gasteiger partial charge >= 0.3 is 0 Å². The van der Waals surface area contributed by atoms with Crippen LogP contribution in [0.3, 0.4) is 0 Å². The first-order chi connectivity index (χ1) is 10.6. The van der Waals surface area contributed by atoms with Gasteiger partial charge in [-0.2, -0.15) is 5.10 Å². The quantitative estimate of drug-likeness (QED) is 0.759. The predicted molar refractivity (Wildman–Crippen MR) is 87.3 cm³/mol. The van der Waals surface area contributed by atoms with E-state index in [1.54, 1.807) is 12.1 Å². The van der Waals surface area contributed by atoms with Gasteiger partial charge in [-0.15, -0.1) is 5.10 Å². The molecule has 3 N–H and O–H groups in total. The van der Waals surface area contributed by atoms with Gasteiger partial charge in [-0.25, -0.2) is 0 Å². The van der Waals surface area contributed by atoms with E-state index in [4.69, 9.17) is 0 Å². The highest BCUT2D eigenvalue weighted by atomic mass is 16.1. The number of rotatable bonds is 6. The van der Waals surface area contributed by atoms with Crippen molar-refractivity contribution in [3.05, 3.63) is 47.7 Å². The van der Waals surface area contributed by atoms with E-state index in [2.05, 4.69) is 26.1 Å². The Balaban J connectivity index is 2.03. The highest BCUT2D eigenvalue weighted by Gasteiger charge is 2.08. The topological polar surface area (TPSA) is 78.9 Å². The molecule has 0 spiro atoms. The lowest BCUT2D eigenvalue weighted by atomic mass is 10.2. The molecule has 0 radical (unpaired) electrons. The van der Waals surface area contributed by atoms with E-state index < -0.39 is 0 Å². The van der Waals surface area contributed by atoms with E-state index in [1.165, 1.54) is 0 Å². The largest absolute Gasteiger partial charge is 0.350 e. The van der Waals surface area contributed by atoms with Gasteiger partial charge in [0.15, 0.2) is 5.82 Å². The Morgan fingerprint density at radius 2 is 2.05 bits per heavy atom. The Morgan fingerprint density at radius 1 is 1.23 bits per heavy atom. The number of benzene rings is 1. The molecule has 2 rings (SSSR count). The summed E-state index contributed by atoms with van der Waals surface area (Å²) in [7, 11) is 1.87. The Hall–Kier alpha value is -2.47. The minimum absolute atomic E-state index is 0.0965. The molecular weight excluding hydrogens is 278 g/mol. The van der Waals surface area contributed by atoms with E-state index in [9.17, 15) is 4.79 Å². The Labute approximate surface area is 130 Å². The van der Waals surface area contributed by atoms with Crippen molar-refractivity contribution >= 4 is 17.4 Å². The molecule has 6 heteroatoms. The second kappa shape index (κ2) is 7.51. The highest BCUT2D eigenvalue weighted by Crippen LogP contribution is 2.15. The Kier molecular flexibility index (Phi) is 5.43. The third-order valence-corrected chi connectivity index (χ3v) is 3.26. The smallest absolute Gasteiger partial charge is 0.251 e. The van der Waals surface area contributed by atoms with Gasteiger partial charge in [0.2, 0.25) is 0 Å². The number of aromatic nitrogens is 2. The average molecular weight is 299 g/mol. The Bertz CT molecular complexity index is 627. The van der Waals surface area contributed by atoms with Crippen LogP contribution in [0, 0.1) is 6.92 Å². The maximum absolute atomic E-state index is 12.1. The summed E-state index contributed by atoms with van der Waals surface area (Å²) in [4.78, 5) is 12.1. The monoisotopic (exact) mass is 299 g/mol. The fourth-order valence-electron chi connectivity index (χ4n) is 1.80. The van der Waals surface area contributed by atoms with Gasteiger partial charge in [0.1, 0.15) is 0 Å². The van der Waals surface area contributed by atoms with Gasteiger partial charge in [-0.1, -0.05) is 6.07 Å². The molecule has 1 amide bonds. The lowest BCUT2D eigenvalue weighted by molar-refractivity contribution is 0.0950. The predicted octanol–water partition coefficient (Wildman–Crippen LogP) is 1.87. The summed E-state index contributed by atoms with van der Waals surface area (Å²) < 4.78 is 0. The van der Waals surface area contributed by atoms with Gasteiger partial charge in [0.25, 0.3) is 5.91 Å². The first-order valence-electron chi connectivity index (χ1n) is 7.21. The number of aryl methyl sites for hydroxylation is 1. The summed E-state index contributed by atoms with van der Waals surface area (Å²) >= 11 is 0. The lowest BCUT2D eigenvalue weighted by Gasteiger charge is -2.12. The van der Waals surface area contributed by atoms with Crippen molar-refractivity contribution in [2.75, 3.05) is 18.9 Å². The van der Waals surface area contributed by atoms with Crippen molar-refractivity contribution in [1.82, 2.24) is 20.8 Å². The van der Waals surface area contributed by atoms with E-state index in [-0.39, 0.29) is 11.9 Å². The van der Waals surface area contributed by atoms with Crippen molar-refractivity contribution in [2.24, 2.45) is 0 Å². The number of nitrogens with zero attached hydrogens (tertiary/aromatic N) is 2. The number of amides is 1. The molecule has 116 valence electrons. The zero-order valence-electron chi connectivity index (χ0n) is 13.1. The zero-order valence-corrected chi connectivity index (χ0v) is 13.1. The molecule has 0 aliphatic heterocycles. The SMILES string of the molecule is CNC(C)CNC(=O)c1cccc(Nc2ccc(C)nn2)c1. The van der Waals surface area contributed by atoms with E-state index >= 15 is 0 Å². The second-order valence-corrected chi connectivity index (χ2v) is 5.17. The van der Waals surface area contributed by atoms with Crippen LogP contribution in [0.2, 0.25) is 0 Å². The van der Waals surface area contributed by atoms with Crippen LogP contribution in [0.15, 0.2) is 36.4 Å². The highest BCUT2D eigenvalue weighted by molar-refractivity contribution is 5.95. The number of carbonyl (C=O) groups excluding carboxylic acids is 1. The molecule has 1 heterocycles. The minimum atomic E-state index is -0.0965. The van der Waals surface area contributed by atoms with Gasteiger partial charge in [0.05, 0.1) is 5.69 Å². The standard InChI is InChI=1S/C16H21N5O/c1-11-7-8-15(21-20-11)19-14-6-4-5-13(9-14)16(22)18-10-12(2)17-3/h4-9,12,17H,10H2,1-3H3,(H,18,22)(H,19,21). The van der Waals surface area contributed by atoms with Gasteiger partial charge in [-0.05, 0) is 51.2 Å². The summed E-state index contributed by atoms with van der Waals surface area (Å²) in [5.74, 6) is 0.549. The van der Waals surface area contributed by atoms with Crippen molar-refractivity contribution in [1.29, 1.82) is 0 Å². The van der Waals surface area contributed by atoms with Crippen molar-refractivity contribution in [2.45, 2.75) is 19.9 Å². The summed E-state index contributed by atoms with van der Waals surface area (Å²) in [6.07, 6.45) is 0. The molecule has 1 aromatic heterocycles. The molecule has 1 atom stereocenters. The maximum Gasteiger partial charge on any atom is 0.251 e. The molecule has 0 fully saturated rings. The normalized spacial score (nSPS) is 11.8. The number of anilines is 2. The third kappa shape index (κ3) is 4.53. The maximum atomic E-state index is 12.1. The van der Waals surface area contributed by atoms with Crippen LogP contribution in [0.25, 0.3) is 0 Å². The fourth-order valence-corrected chi connectivity index (χ4v) is 1.80. The van der Waals surface area contributed by atoms with Crippen LogP contribution < -0.4 is 16.0 Å². The van der Waals surface area contributed by atoms with E-state index in [1.807, 2.05) is 45.2 Å². The zero-order chi connectivity index (χ0) is 15.9. The van der Waals surface area contributed by atoms with Crippen LogP contribution >= 0.6 is 0 Å². The van der Waals surface area contributed by atoms with Crippen molar-refractivity contribution < 1.29 is 4.79 Å². The number of nitrogens with one attached hydrogen (secondary N) is 3. The lowest BCUT2D eigenvalue weighted by Crippen LogP contribution is -2.37. The molecule has 0 saturated heterocycles. The second-order valence-electron chi connectivity index (χ2n) is 5.17. The van der Waals surface area contributed by atoms with Crippen LogP contribution in [0.5, 0.6) is 0 Å². The summed E-state index contributed by atoms with van der Waals surface area (Å²) in [5.41, 5.74) is 2.26. The first kappa shape index (κ1) is 15.9. The minimum Gasteiger partial charge on any atom is -0.350 e. The molecule has 1 unspecified atom stereocenters. The van der Waals surface area contributed by atoms with Gasteiger partial charge in [-0.3, -0.25) is 4.79 Å². The molecule has 2 aromatic rings. The number of hydrogen-bond acceptors (Lipinski definition) is 5. The molecule has 0 saturated carbocycles. The summed E-state index contributed by atoms with van der Waals surface area (Å²) in [6.45, 7) is 4.47. The molecule has 22 heavy (non-hydrogen) atoms. The number of carbonyl (C=O) groups is 1. The van der Waals surface area contributed by atoms with Gasteiger partial charge < -0.3 is 16.0 Å². The van der Waals surface area contributed by atoms with Crippen LogP contribution in [-0.4, -0.2) is 35.7 Å². The van der Waals surface area contributed by atoms with E-state index in [0.29, 0.717) is 17.9 Å². The fraction of sp³-hybridized carbons (Fsp3) is 0.312. The van der Waals surface area contributed by atoms with E-state index in [0.717, 1.165) is 11.4 Å². The first-order valence-corrected chi connectivity index (χ1v) is 7.21. The van der Waals surface area contributed by atoms with Crippen LogP contribution in [-0.2, 0) is 0 Å². The summed E-state index contributed by atoms with van der Waals surface area (Å²) in [5, 5.41) is 17.1. The molecule has 0 aliphatic rings. The summed E-state index contributed by atoms with van der Waals surface area (Å²) in [6, 6.07) is 11.3.